The number of amides is 1. The fraction of sp³-hybridized carbons (Fsp3) is 0.667. The van der Waals surface area contributed by atoms with Gasteiger partial charge in [0.05, 0.1) is 5.25 Å². The number of rotatable bonds is 6. The zero-order valence-corrected chi connectivity index (χ0v) is 15.6. The third-order valence-corrected chi connectivity index (χ3v) is 6.06. The summed E-state index contributed by atoms with van der Waals surface area (Å²) >= 11 is 2.94. The Morgan fingerprint density at radius 3 is 2.92 bits per heavy atom. The summed E-state index contributed by atoms with van der Waals surface area (Å²) in [6.45, 7) is 4.59. The fourth-order valence-electron chi connectivity index (χ4n) is 2.99. The van der Waals surface area contributed by atoms with Crippen molar-refractivity contribution < 1.29 is 4.79 Å². The van der Waals surface area contributed by atoms with Crippen molar-refractivity contribution in [1.29, 1.82) is 0 Å². The molecule has 1 atom stereocenters. The van der Waals surface area contributed by atoms with Crippen LogP contribution in [-0.2, 0) is 11.3 Å². The third kappa shape index (κ3) is 3.77. The van der Waals surface area contributed by atoms with E-state index in [1.165, 1.54) is 42.4 Å². The molecule has 0 spiro atoms. The van der Waals surface area contributed by atoms with Crippen molar-refractivity contribution >= 4 is 34.1 Å². The molecule has 24 heavy (non-hydrogen) atoms. The van der Waals surface area contributed by atoms with E-state index in [0.29, 0.717) is 11.7 Å². The Kier molecular flexibility index (Phi) is 5.83. The van der Waals surface area contributed by atoms with Crippen LogP contribution in [0.5, 0.6) is 0 Å². The van der Waals surface area contributed by atoms with Crippen LogP contribution in [0, 0.1) is 0 Å². The monoisotopic (exact) mass is 366 g/mol. The first-order valence-electron chi connectivity index (χ1n) is 8.36. The summed E-state index contributed by atoms with van der Waals surface area (Å²) in [5.41, 5.74) is 0. The molecule has 0 aliphatic heterocycles. The van der Waals surface area contributed by atoms with Gasteiger partial charge in [-0.05, 0) is 37.1 Å². The highest BCUT2D eigenvalue weighted by Gasteiger charge is 2.32. The zero-order valence-electron chi connectivity index (χ0n) is 14.0. The molecule has 1 amide bonds. The number of aromatic nitrogens is 5. The first-order valence-corrected chi connectivity index (χ1v) is 10.1. The van der Waals surface area contributed by atoms with E-state index in [-0.39, 0.29) is 17.2 Å². The second-order valence-electron chi connectivity index (χ2n) is 5.85. The van der Waals surface area contributed by atoms with Crippen LogP contribution >= 0.6 is 23.1 Å². The van der Waals surface area contributed by atoms with Crippen molar-refractivity contribution in [3.05, 3.63) is 11.6 Å². The molecular formula is C15H22N6OS2. The van der Waals surface area contributed by atoms with Gasteiger partial charge in [0.2, 0.25) is 11.1 Å². The van der Waals surface area contributed by atoms with Gasteiger partial charge in [-0.3, -0.25) is 9.69 Å². The van der Waals surface area contributed by atoms with Crippen molar-refractivity contribution in [3.63, 3.8) is 0 Å². The smallest absolute Gasteiger partial charge is 0.242 e. The SMILES string of the molecule is CCn1nnnc1S[C@@H](C)C(=O)N(c1nccs1)C1CCCCC1. The molecular weight excluding hydrogens is 344 g/mol. The summed E-state index contributed by atoms with van der Waals surface area (Å²) in [4.78, 5) is 19.5. The fourth-order valence-corrected chi connectivity index (χ4v) is 4.61. The molecule has 2 heterocycles. The molecule has 1 aliphatic carbocycles. The van der Waals surface area contributed by atoms with Crippen LogP contribution in [-0.4, -0.2) is 42.4 Å². The van der Waals surface area contributed by atoms with Gasteiger partial charge in [-0.15, -0.1) is 16.4 Å². The van der Waals surface area contributed by atoms with E-state index in [0.717, 1.165) is 18.0 Å². The molecule has 0 aromatic carbocycles. The Bertz CT molecular complexity index is 653. The third-order valence-electron chi connectivity index (χ3n) is 4.23. The van der Waals surface area contributed by atoms with Gasteiger partial charge in [0.1, 0.15) is 0 Å². The minimum absolute atomic E-state index is 0.0903. The lowest BCUT2D eigenvalue weighted by molar-refractivity contribution is -0.118. The highest BCUT2D eigenvalue weighted by molar-refractivity contribution is 8.00. The highest BCUT2D eigenvalue weighted by Crippen LogP contribution is 2.32. The number of carbonyl (C=O) groups excluding carboxylic acids is 1. The van der Waals surface area contributed by atoms with E-state index in [1.807, 2.05) is 24.1 Å². The lowest BCUT2D eigenvalue weighted by Gasteiger charge is -2.33. The predicted octanol–water partition coefficient (Wildman–Crippen LogP) is 3.00. The van der Waals surface area contributed by atoms with Gasteiger partial charge in [-0.2, -0.15) is 0 Å². The van der Waals surface area contributed by atoms with E-state index in [4.69, 9.17) is 0 Å². The Labute approximate surface area is 149 Å². The van der Waals surface area contributed by atoms with Crippen LogP contribution in [0.15, 0.2) is 16.7 Å². The number of anilines is 1. The number of hydrogen-bond donors (Lipinski definition) is 0. The van der Waals surface area contributed by atoms with Crippen molar-refractivity contribution in [3.8, 4) is 0 Å². The zero-order chi connectivity index (χ0) is 16.9. The van der Waals surface area contributed by atoms with Crippen LogP contribution < -0.4 is 4.90 Å². The van der Waals surface area contributed by atoms with E-state index >= 15 is 0 Å². The van der Waals surface area contributed by atoms with Crippen LogP contribution in [0.1, 0.15) is 46.0 Å². The summed E-state index contributed by atoms with van der Waals surface area (Å²) in [5.74, 6) is 0.0903. The first-order chi connectivity index (χ1) is 11.7. The van der Waals surface area contributed by atoms with Crippen molar-refractivity contribution in [2.45, 2.75) is 68.9 Å². The molecule has 0 radical (unpaired) electrons. The highest BCUT2D eigenvalue weighted by atomic mass is 32.2. The topological polar surface area (TPSA) is 76.8 Å². The Morgan fingerprint density at radius 1 is 1.46 bits per heavy atom. The Balaban J connectivity index is 1.77. The molecule has 1 fully saturated rings. The molecule has 0 unspecified atom stereocenters. The predicted molar refractivity (Wildman–Crippen MR) is 95.3 cm³/mol. The normalized spacial score (nSPS) is 16.9. The first kappa shape index (κ1) is 17.3. The van der Waals surface area contributed by atoms with E-state index in [9.17, 15) is 4.79 Å². The van der Waals surface area contributed by atoms with Gasteiger partial charge in [0.15, 0.2) is 5.13 Å². The van der Waals surface area contributed by atoms with Gasteiger partial charge in [-0.25, -0.2) is 9.67 Å². The Hall–Kier alpha value is -1.48. The molecule has 1 aliphatic rings. The summed E-state index contributed by atoms with van der Waals surface area (Å²) < 4.78 is 1.71. The number of thiazole rings is 1. The molecule has 0 bridgehead atoms. The summed E-state index contributed by atoms with van der Waals surface area (Å²) in [6, 6.07) is 0.252. The number of carbonyl (C=O) groups is 1. The summed E-state index contributed by atoms with van der Waals surface area (Å²) in [7, 11) is 0. The molecule has 1 saturated carbocycles. The molecule has 3 rings (SSSR count). The minimum Gasteiger partial charge on any atom is -0.284 e. The van der Waals surface area contributed by atoms with Crippen molar-refractivity contribution in [1.82, 2.24) is 25.2 Å². The van der Waals surface area contributed by atoms with Gasteiger partial charge in [0.25, 0.3) is 0 Å². The average molecular weight is 367 g/mol. The minimum atomic E-state index is -0.257. The summed E-state index contributed by atoms with van der Waals surface area (Å²) in [6.07, 6.45) is 7.47. The molecule has 9 heteroatoms. The standard InChI is InChI=1S/C15H22N6OS2/c1-3-20-15(17-18-19-20)24-11(2)13(22)21(14-16-9-10-23-14)12-7-5-4-6-8-12/h9-12H,3-8H2,1-2H3/t11-/m0/s1. The number of nitrogens with zero attached hydrogens (tertiary/aromatic N) is 6. The lowest BCUT2D eigenvalue weighted by atomic mass is 9.94. The second kappa shape index (κ2) is 8.06. The van der Waals surface area contributed by atoms with Crippen LogP contribution in [0.3, 0.4) is 0 Å². The number of aryl methyl sites for hydroxylation is 1. The van der Waals surface area contributed by atoms with Gasteiger partial charge in [0, 0.05) is 24.2 Å². The van der Waals surface area contributed by atoms with Crippen LogP contribution in [0.2, 0.25) is 0 Å². The number of tetrazole rings is 1. The largest absolute Gasteiger partial charge is 0.284 e. The maximum absolute atomic E-state index is 13.2. The number of thioether (sulfide) groups is 1. The molecule has 0 saturated heterocycles. The van der Waals surface area contributed by atoms with E-state index in [2.05, 4.69) is 20.5 Å². The van der Waals surface area contributed by atoms with Gasteiger partial charge >= 0.3 is 0 Å². The average Bonchev–Trinajstić information content (AvgIpc) is 3.27. The van der Waals surface area contributed by atoms with Crippen LogP contribution in [0.25, 0.3) is 0 Å². The van der Waals surface area contributed by atoms with Gasteiger partial charge < -0.3 is 0 Å². The number of hydrogen-bond acceptors (Lipinski definition) is 7. The lowest BCUT2D eigenvalue weighted by Crippen LogP contribution is -2.45. The van der Waals surface area contributed by atoms with Gasteiger partial charge in [-0.1, -0.05) is 31.0 Å². The van der Waals surface area contributed by atoms with Crippen molar-refractivity contribution in [2.24, 2.45) is 0 Å². The van der Waals surface area contributed by atoms with Crippen LogP contribution in [0.4, 0.5) is 5.13 Å². The molecule has 130 valence electrons. The maximum atomic E-state index is 13.2. The van der Waals surface area contributed by atoms with E-state index in [1.54, 1.807) is 10.9 Å². The quantitative estimate of drug-likeness (QED) is 0.732. The second-order valence-corrected chi connectivity index (χ2v) is 8.03. The molecule has 0 N–H and O–H groups in total. The molecule has 2 aromatic rings. The maximum Gasteiger partial charge on any atom is 0.242 e. The summed E-state index contributed by atoms with van der Waals surface area (Å²) in [5, 5.41) is 14.8. The van der Waals surface area contributed by atoms with Crippen molar-refractivity contribution in [2.75, 3.05) is 4.90 Å². The van der Waals surface area contributed by atoms with E-state index < -0.39 is 0 Å². The molecule has 7 nitrogen and oxygen atoms in total. The molecule has 2 aromatic heterocycles. The Morgan fingerprint density at radius 2 is 2.25 bits per heavy atom.